The Hall–Kier alpha value is -0.860. The van der Waals surface area contributed by atoms with E-state index in [-0.39, 0.29) is 0 Å². The molecule has 0 aromatic heterocycles. The zero-order chi connectivity index (χ0) is 14.4. The monoisotopic (exact) mass is 274 g/mol. The van der Waals surface area contributed by atoms with Crippen LogP contribution >= 0.6 is 0 Å². The second-order valence-corrected chi connectivity index (χ2v) is 6.42. The van der Waals surface area contributed by atoms with Crippen molar-refractivity contribution >= 4 is 0 Å². The molecule has 0 aliphatic carbocycles. The summed E-state index contributed by atoms with van der Waals surface area (Å²) in [4.78, 5) is 2.67. The predicted molar refractivity (Wildman–Crippen MR) is 86.7 cm³/mol. The summed E-state index contributed by atoms with van der Waals surface area (Å²) in [6.45, 7) is 11.4. The van der Waals surface area contributed by atoms with Crippen LogP contribution in [0.25, 0.3) is 0 Å². The maximum absolute atomic E-state index is 3.49. The molecule has 1 aliphatic heterocycles. The van der Waals surface area contributed by atoms with Gasteiger partial charge in [0.15, 0.2) is 0 Å². The second-order valence-electron chi connectivity index (χ2n) is 6.42. The molecule has 1 aromatic rings. The zero-order valence-corrected chi connectivity index (χ0v) is 13.4. The molecule has 1 unspecified atom stereocenters. The smallest absolute Gasteiger partial charge is 0.0236 e. The molecule has 0 bridgehead atoms. The third kappa shape index (κ3) is 4.32. The molecule has 0 amide bonds. The summed E-state index contributed by atoms with van der Waals surface area (Å²) in [5.74, 6) is 0.770. The van der Waals surface area contributed by atoms with Crippen molar-refractivity contribution < 1.29 is 0 Å². The molecule has 20 heavy (non-hydrogen) atoms. The van der Waals surface area contributed by atoms with Crippen LogP contribution in [0.2, 0.25) is 0 Å². The van der Waals surface area contributed by atoms with Crippen LogP contribution < -0.4 is 5.32 Å². The van der Waals surface area contributed by atoms with Gasteiger partial charge in [-0.3, -0.25) is 4.90 Å². The fourth-order valence-corrected chi connectivity index (χ4v) is 3.29. The van der Waals surface area contributed by atoms with Gasteiger partial charge >= 0.3 is 0 Å². The van der Waals surface area contributed by atoms with Crippen molar-refractivity contribution in [3.63, 3.8) is 0 Å². The van der Waals surface area contributed by atoms with E-state index in [0.717, 1.165) is 31.6 Å². The summed E-state index contributed by atoms with van der Waals surface area (Å²) in [5.41, 5.74) is 2.88. The summed E-state index contributed by atoms with van der Waals surface area (Å²) in [6.07, 6.45) is 3.93. The molecule has 2 rings (SSSR count). The fraction of sp³-hybridized carbons (Fsp3) is 0.667. The lowest BCUT2D eigenvalue weighted by Crippen LogP contribution is -2.32. The van der Waals surface area contributed by atoms with Gasteiger partial charge in [0.1, 0.15) is 0 Å². The van der Waals surface area contributed by atoms with E-state index in [2.05, 4.69) is 55.3 Å². The Morgan fingerprint density at radius 3 is 2.85 bits per heavy atom. The summed E-state index contributed by atoms with van der Waals surface area (Å²) < 4.78 is 0. The first kappa shape index (κ1) is 15.5. The van der Waals surface area contributed by atoms with Gasteiger partial charge in [0.2, 0.25) is 0 Å². The van der Waals surface area contributed by atoms with Crippen molar-refractivity contribution in [3.05, 3.63) is 35.4 Å². The average molecular weight is 274 g/mol. The topological polar surface area (TPSA) is 15.3 Å². The number of nitrogens with zero attached hydrogens (tertiary/aromatic N) is 1. The van der Waals surface area contributed by atoms with Crippen molar-refractivity contribution in [1.29, 1.82) is 0 Å². The van der Waals surface area contributed by atoms with E-state index in [1.54, 1.807) is 0 Å². The number of hydrogen-bond acceptors (Lipinski definition) is 2. The van der Waals surface area contributed by atoms with E-state index in [0.29, 0.717) is 0 Å². The van der Waals surface area contributed by atoms with E-state index in [1.807, 2.05) is 0 Å². The minimum Gasteiger partial charge on any atom is -0.313 e. The molecule has 1 fully saturated rings. The quantitative estimate of drug-likeness (QED) is 0.761. The first-order valence-corrected chi connectivity index (χ1v) is 8.23. The molecular formula is C18H30N2. The van der Waals surface area contributed by atoms with Crippen LogP contribution in [0.15, 0.2) is 24.3 Å². The number of likely N-dealkylation sites (tertiary alicyclic amines) is 1. The van der Waals surface area contributed by atoms with E-state index in [4.69, 9.17) is 0 Å². The number of rotatable bonds is 7. The first-order valence-electron chi connectivity index (χ1n) is 8.23. The Labute approximate surface area is 124 Å². The summed E-state index contributed by atoms with van der Waals surface area (Å²) >= 11 is 0. The van der Waals surface area contributed by atoms with Crippen molar-refractivity contribution in [3.8, 4) is 0 Å². The van der Waals surface area contributed by atoms with Crippen LogP contribution in [0.3, 0.4) is 0 Å². The average Bonchev–Trinajstić information content (AvgIpc) is 2.88. The highest BCUT2D eigenvalue weighted by Gasteiger charge is 2.26. The van der Waals surface area contributed by atoms with Crippen LogP contribution in [0, 0.1) is 5.92 Å². The SMILES string of the molecule is CCCNCc1cccc(CN2CCCC2C(C)C)c1. The summed E-state index contributed by atoms with van der Waals surface area (Å²) in [7, 11) is 0. The highest BCUT2D eigenvalue weighted by molar-refractivity contribution is 5.23. The van der Waals surface area contributed by atoms with Gasteiger partial charge in [-0.15, -0.1) is 0 Å². The maximum Gasteiger partial charge on any atom is 0.0236 e. The van der Waals surface area contributed by atoms with Crippen molar-refractivity contribution in [2.45, 2.75) is 59.2 Å². The van der Waals surface area contributed by atoms with Gasteiger partial charge in [0, 0.05) is 19.1 Å². The third-order valence-electron chi connectivity index (χ3n) is 4.32. The van der Waals surface area contributed by atoms with Gasteiger partial charge in [-0.1, -0.05) is 45.0 Å². The van der Waals surface area contributed by atoms with Crippen LogP contribution in [0.1, 0.15) is 51.2 Å². The molecule has 0 radical (unpaired) electrons. The largest absolute Gasteiger partial charge is 0.313 e. The highest BCUT2D eigenvalue weighted by atomic mass is 15.2. The van der Waals surface area contributed by atoms with Crippen LogP contribution in [0.4, 0.5) is 0 Å². The van der Waals surface area contributed by atoms with E-state index < -0.39 is 0 Å². The lowest BCUT2D eigenvalue weighted by molar-refractivity contribution is 0.199. The van der Waals surface area contributed by atoms with Gasteiger partial charge in [-0.2, -0.15) is 0 Å². The predicted octanol–water partition coefficient (Wildman–Crippen LogP) is 3.81. The summed E-state index contributed by atoms with van der Waals surface area (Å²) in [5, 5.41) is 3.49. The van der Waals surface area contributed by atoms with Crippen LogP contribution in [-0.2, 0) is 13.1 Å². The number of benzene rings is 1. The fourth-order valence-electron chi connectivity index (χ4n) is 3.29. The molecule has 1 heterocycles. The van der Waals surface area contributed by atoms with Crippen molar-refractivity contribution in [2.75, 3.05) is 13.1 Å². The molecule has 1 aliphatic rings. The van der Waals surface area contributed by atoms with E-state index in [1.165, 1.54) is 36.9 Å². The lowest BCUT2D eigenvalue weighted by Gasteiger charge is -2.27. The highest BCUT2D eigenvalue weighted by Crippen LogP contribution is 2.25. The van der Waals surface area contributed by atoms with Crippen LogP contribution in [0.5, 0.6) is 0 Å². The van der Waals surface area contributed by atoms with Gasteiger partial charge in [-0.25, -0.2) is 0 Å². The van der Waals surface area contributed by atoms with Gasteiger partial charge in [0.25, 0.3) is 0 Å². The molecule has 1 saturated heterocycles. The van der Waals surface area contributed by atoms with Gasteiger partial charge in [0.05, 0.1) is 0 Å². The Balaban J connectivity index is 1.93. The van der Waals surface area contributed by atoms with Gasteiger partial charge in [-0.05, 0) is 49.4 Å². The molecule has 1 aromatic carbocycles. The third-order valence-corrected chi connectivity index (χ3v) is 4.32. The number of nitrogens with one attached hydrogen (secondary N) is 1. The Kier molecular flexibility index (Phi) is 6.06. The minimum atomic E-state index is 0.770. The number of hydrogen-bond donors (Lipinski definition) is 1. The van der Waals surface area contributed by atoms with Crippen molar-refractivity contribution in [2.24, 2.45) is 5.92 Å². The molecule has 2 nitrogen and oxygen atoms in total. The molecule has 0 saturated carbocycles. The summed E-state index contributed by atoms with van der Waals surface area (Å²) in [6, 6.07) is 9.86. The molecule has 1 N–H and O–H groups in total. The van der Waals surface area contributed by atoms with Crippen LogP contribution in [-0.4, -0.2) is 24.0 Å². The normalized spacial score (nSPS) is 19.9. The minimum absolute atomic E-state index is 0.770. The molecular weight excluding hydrogens is 244 g/mol. The lowest BCUT2D eigenvalue weighted by atomic mass is 10.0. The second kappa shape index (κ2) is 7.80. The maximum atomic E-state index is 3.49. The van der Waals surface area contributed by atoms with Gasteiger partial charge < -0.3 is 5.32 Å². The zero-order valence-electron chi connectivity index (χ0n) is 13.4. The molecule has 2 heteroatoms. The van der Waals surface area contributed by atoms with E-state index in [9.17, 15) is 0 Å². The Morgan fingerprint density at radius 2 is 2.10 bits per heavy atom. The molecule has 1 atom stereocenters. The molecule has 0 spiro atoms. The molecule has 112 valence electrons. The standard InChI is InChI=1S/C18H30N2/c1-4-10-19-13-16-7-5-8-17(12-16)14-20-11-6-9-18(20)15(2)3/h5,7-8,12,15,18-19H,4,6,9-11,13-14H2,1-3H3. The van der Waals surface area contributed by atoms with E-state index >= 15 is 0 Å². The first-order chi connectivity index (χ1) is 9.70. The Bertz CT molecular complexity index is 400. The van der Waals surface area contributed by atoms with Crippen molar-refractivity contribution in [1.82, 2.24) is 10.2 Å². The Morgan fingerprint density at radius 1 is 1.30 bits per heavy atom.